The van der Waals surface area contributed by atoms with Gasteiger partial charge in [-0.1, -0.05) is 18.2 Å². The van der Waals surface area contributed by atoms with Gasteiger partial charge in [-0.25, -0.2) is 4.98 Å². The van der Waals surface area contributed by atoms with E-state index >= 15 is 0 Å². The molecule has 0 fully saturated rings. The minimum absolute atomic E-state index is 0.0489. The van der Waals surface area contributed by atoms with E-state index < -0.39 is 0 Å². The van der Waals surface area contributed by atoms with Crippen molar-refractivity contribution in [1.82, 2.24) is 9.88 Å². The van der Waals surface area contributed by atoms with Crippen LogP contribution in [0.5, 0.6) is 0 Å². The van der Waals surface area contributed by atoms with E-state index in [1.54, 1.807) is 39.7 Å². The van der Waals surface area contributed by atoms with Crippen LogP contribution in [0.1, 0.15) is 5.69 Å². The van der Waals surface area contributed by atoms with Crippen LogP contribution in [0.3, 0.4) is 0 Å². The first kappa shape index (κ1) is 14.7. The summed E-state index contributed by atoms with van der Waals surface area (Å²) in [6.45, 7) is 8.41. The van der Waals surface area contributed by atoms with E-state index in [1.807, 2.05) is 22.9 Å². The molecule has 2 rings (SSSR count). The molecular formula is C15H16N2OS2. The summed E-state index contributed by atoms with van der Waals surface area (Å²) in [7, 11) is 0. The Bertz CT molecular complexity index is 577. The van der Waals surface area contributed by atoms with Crippen molar-refractivity contribution in [2.45, 2.75) is 6.42 Å². The largest absolute Gasteiger partial charge is 0.335 e. The quantitative estimate of drug-likeness (QED) is 0.732. The first-order valence-corrected chi connectivity index (χ1v) is 7.98. The topological polar surface area (TPSA) is 33.2 Å². The SMILES string of the molecule is C=CCN(CC=C)C(=O)Cc1csc(-c2cccs2)n1. The van der Waals surface area contributed by atoms with Gasteiger partial charge < -0.3 is 4.90 Å². The van der Waals surface area contributed by atoms with Crippen molar-refractivity contribution >= 4 is 28.6 Å². The summed E-state index contributed by atoms with van der Waals surface area (Å²) in [5, 5.41) is 4.95. The number of thiazole rings is 1. The summed E-state index contributed by atoms with van der Waals surface area (Å²) in [6.07, 6.45) is 3.77. The summed E-state index contributed by atoms with van der Waals surface area (Å²) in [5.74, 6) is 0.0489. The summed E-state index contributed by atoms with van der Waals surface area (Å²) in [4.78, 5) is 19.6. The number of hydrogen-bond donors (Lipinski definition) is 0. The number of thiophene rings is 1. The number of rotatable bonds is 7. The lowest BCUT2D eigenvalue weighted by molar-refractivity contribution is -0.129. The summed E-state index contributed by atoms with van der Waals surface area (Å²) < 4.78 is 0. The van der Waals surface area contributed by atoms with E-state index in [0.717, 1.165) is 15.6 Å². The normalized spacial score (nSPS) is 10.2. The summed E-state index contributed by atoms with van der Waals surface area (Å²) in [5.41, 5.74) is 0.821. The zero-order valence-corrected chi connectivity index (χ0v) is 12.8. The van der Waals surface area contributed by atoms with Crippen LogP contribution >= 0.6 is 22.7 Å². The first-order chi connectivity index (χ1) is 9.74. The van der Waals surface area contributed by atoms with Gasteiger partial charge in [0.15, 0.2) is 0 Å². The fraction of sp³-hybridized carbons (Fsp3) is 0.200. The number of nitrogens with zero attached hydrogens (tertiary/aromatic N) is 2. The molecule has 104 valence electrons. The van der Waals surface area contributed by atoms with Crippen LogP contribution < -0.4 is 0 Å². The second-order valence-electron chi connectivity index (χ2n) is 4.17. The van der Waals surface area contributed by atoms with Crippen LogP contribution in [-0.2, 0) is 11.2 Å². The standard InChI is InChI=1S/C15H16N2OS2/c1-3-7-17(8-4-2)14(18)10-12-11-20-15(16-12)13-6-5-9-19-13/h3-6,9,11H,1-2,7-8,10H2. The van der Waals surface area contributed by atoms with Crippen LogP contribution in [0.2, 0.25) is 0 Å². The molecule has 1 amide bonds. The molecule has 0 saturated carbocycles. The Hall–Kier alpha value is -1.72. The second-order valence-corrected chi connectivity index (χ2v) is 5.98. The van der Waals surface area contributed by atoms with E-state index in [9.17, 15) is 4.79 Å². The van der Waals surface area contributed by atoms with Crippen LogP contribution in [0, 0.1) is 0 Å². The summed E-state index contributed by atoms with van der Waals surface area (Å²) >= 11 is 3.23. The molecule has 5 heteroatoms. The minimum Gasteiger partial charge on any atom is -0.335 e. The van der Waals surface area contributed by atoms with Gasteiger partial charge in [0.05, 0.1) is 17.0 Å². The van der Waals surface area contributed by atoms with Crippen molar-refractivity contribution in [1.29, 1.82) is 0 Å². The molecule has 2 heterocycles. The number of aromatic nitrogens is 1. The van der Waals surface area contributed by atoms with Gasteiger partial charge in [-0.2, -0.15) is 0 Å². The van der Waals surface area contributed by atoms with Gasteiger partial charge in [-0.15, -0.1) is 35.8 Å². The van der Waals surface area contributed by atoms with Gasteiger partial charge in [-0.05, 0) is 11.4 Å². The molecule has 3 nitrogen and oxygen atoms in total. The predicted octanol–water partition coefficient (Wildman–Crippen LogP) is 3.61. The number of amides is 1. The molecule has 2 aromatic rings. The predicted molar refractivity (Wildman–Crippen MR) is 86.1 cm³/mol. The van der Waals surface area contributed by atoms with Gasteiger partial charge >= 0.3 is 0 Å². The summed E-state index contributed by atoms with van der Waals surface area (Å²) in [6, 6.07) is 4.04. The molecule has 0 aliphatic carbocycles. The maximum Gasteiger partial charge on any atom is 0.229 e. The minimum atomic E-state index is 0.0489. The van der Waals surface area contributed by atoms with Crippen molar-refractivity contribution < 1.29 is 4.79 Å². The van der Waals surface area contributed by atoms with E-state index in [-0.39, 0.29) is 5.91 Å². The lowest BCUT2D eigenvalue weighted by Gasteiger charge is -2.18. The lowest BCUT2D eigenvalue weighted by Crippen LogP contribution is -2.32. The molecule has 0 radical (unpaired) electrons. The van der Waals surface area contributed by atoms with Crippen LogP contribution in [0.15, 0.2) is 48.2 Å². The average Bonchev–Trinajstić information content (AvgIpc) is 3.08. The smallest absolute Gasteiger partial charge is 0.229 e. The lowest BCUT2D eigenvalue weighted by atomic mass is 10.3. The van der Waals surface area contributed by atoms with E-state index in [4.69, 9.17) is 0 Å². The number of carbonyl (C=O) groups excluding carboxylic acids is 1. The highest BCUT2D eigenvalue weighted by Crippen LogP contribution is 2.27. The monoisotopic (exact) mass is 304 g/mol. The maximum absolute atomic E-state index is 12.2. The number of carbonyl (C=O) groups is 1. The average molecular weight is 304 g/mol. The Labute approximate surface area is 126 Å². The molecule has 0 aromatic carbocycles. The molecule has 0 unspecified atom stereocenters. The Morgan fingerprint density at radius 2 is 2.05 bits per heavy atom. The number of hydrogen-bond acceptors (Lipinski definition) is 4. The molecule has 0 N–H and O–H groups in total. The van der Waals surface area contributed by atoms with E-state index in [2.05, 4.69) is 18.1 Å². The van der Waals surface area contributed by atoms with Gasteiger partial charge in [0.1, 0.15) is 5.01 Å². The van der Waals surface area contributed by atoms with Crippen molar-refractivity contribution in [3.63, 3.8) is 0 Å². The third kappa shape index (κ3) is 3.65. The Kier molecular flexibility index (Phi) is 5.26. The maximum atomic E-state index is 12.2. The molecule has 0 saturated heterocycles. The van der Waals surface area contributed by atoms with Gasteiger partial charge in [0, 0.05) is 18.5 Å². The van der Waals surface area contributed by atoms with Crippen molar-refractivity contribution in [2.24, 2.45) is 0 Å². The molecule has 0 bridgehead atoms. The van der Waals surface area contributed by atoms with Crippen LogP contribution in [-0.4, -0.2) is 28.9 Å². The zero-order chi connectivity index (χ0) is 14.4. The van der Waals surface area contributed by atoms with Gasteiger partial charge in [0.25, 0.3) is 0 Å². The Balaban J connectivity index is 2.04. The van der Waals surface area contributed by atoms with Crippen LogP contribution in [0.4, 0.5) is 0 Å². The van der Waals surface area contributed by atoms with E-state index in [0.29, 0.717) is 19.5 Å². The zero-order valence-electron chi connectivity index (χ0n) is 11.1. The van der Waals surface area contributed by atoms with Crippen LogP contribution in [0.25, 0.3) is 9.88 Å². The molecule has 0 aliphatic rings. The first-order valence-electron chi connectivity index (χ1n) is 6.22. The highest BCUT2D eigenvalue weighted by Gasteiger charge is 2.14. The second kappa shape index (κ2) is 7.17. The van der Waals surface area contributed by atoms with Gasteiger partial charge in [-0.3, -0.25) is 4.79 Å². The fourth-order valence-corrected chi connectivity index (χ4v) is 3.39. The molecule has 0 spiro atoms. The molecular weight excluding hydrogens is 288 g/mol. The molecule has 20 heavy (non-hydrogen) atoms. The Morgan fingerprint density at radius 1 is 1.30 bits per heavy atom. The highest BCUT2D eigenvalue weighted by molar-refractivity contribution is 7.20. The van der Waals surface area contributed by atoms with Crippen molar-refractivity contribution in [2.75, 3.05) is 13.1 Å². The molecule has 0 atom stereocenters. The third-order valence-electron chi connectivity index (χ3n) is 2.67. The van der Waals surface area contributed by atoms with E-state index in [1.165, 1.54) is 0 Å². The van der Waals surface area contributed by atoms with Gasteiger partial charge in [0.2, 0.25) is 5.91 Å². The molecule has 0 aliphatic heterocycles. The Morgan fingerprint density at radius 3 is 2.65 bits per heavy atom. The molecule has 2 aromatic heterocycles. The highest BCUT2D eigenvalue weighted by atomic mass is 32.1. The fourth-order valence-electron chi connectivity index (χ4n) is 1.76. The van der Waals surface area contributed by atoms with Crippen molar-refractivity contribution in [3.8, 4) is 9.88 Å². The third-order valence-corrected chi connectivity index (χ3v) is 4.60. The van der Waals surface area contributed by atoms with Crippen molar-refractivity contribution in [3.05, 3.63) is 53.9 Å².